The summed E-state index contributed by atoms with van der Waals surface area (Å²) in [5.74, 6) is 0.291. The molecule has 22 heavy (non-hydrogen) atoms. The van der Waals surface area contributed by atoms with E-state index in [0.29, 0.717) is 23.6 Å². The van der Waals surface area contributed by atoms with Crippen LogP contribution in [0, 0.1) is 0 Å². The first kappa shape index (κ1) is 13.9. The SMILES string of the molecule is CCOC(=O)c1cccc(Nc2ncnc3ncccc23)c1. The summed E-state index contributed by atoms with van der Waals surface area (Å²) < 4.78 is 5.00. The van der Waals surface area contributed by atoms with Crippen LogP contribution in [0.25, 0.3) is 11.0 Å². The Balaban J connectivity index is 1.92. The number of benzene rings is 1. The molecule has 1 aromatic carbocycles. The number of ether oxygens (including phenoxy) is 1. The predicted octanol–water partition coefficient (Wildman–Crippen LogP) is 2.95. The van der Waals surface area contributed by atoms with Crippen molar-refractivity contribution in [2.24, 2.45) is 0 Å². The Morgan fingerprint density at radius 1 is 1.18 bits per heavy atom. The van der Waals surface area contributed by atoms with Crippen LogP contribution >= 0.6 is 0 Å². The summed E-state index contributed by atoms with van der Waals surface area (Å²) in [6, 6.07) is 10.8. The summed E-state index contributed by atoms with van der Waals surface area (Å²) in [5.41, 5.74) is 1.85. The van der Waals surface area contributed by atoms with Crippen molar-refractivity contribution in [3.05, 3.63) is 54.5 Å². The van der Waals surface area contributed by atoms with Crippen molar-refractivity contribution in [1.82, 2.24) is 15.0 Å². The number of hydrogen-bond acceptors (Lipinski definition) is 6. The second-order valence-corrected chi connectivity index (χ2v) is 4.52. The lowest BCUT2D eigenvalue weighted by atomic mass is 10.2. The minimum atomic E-state index is -0.347. The van der Waals surface area contributed by atoms with Crippen LogP contribution in [-0.2, 0) is 4.74 Å². The Labute approximate surface area is 127 Å². The van der Waals surface area contributed by atoms with Gasteiger partial charge in [0.05, 0.1) is 17.6 Å². The van der Waals surface area contributed by atoms with Crippen LogP contribution in [0.15, 0.2) is 48.9 Å². The molecule has 0 fully saturated rings. The largest absolute Gasteiger partial charge is 0.462 e. The molecule has 2 aromatic heterocycles. The van der Waals surface area contributed by atoms with Gasteiger partial charge in [0.25, 0.3) is 0 Å². The van der Waals surface area contributed by atoms with Gasteiger partial charge in [0.2, 0.25) is 0 Å². The van der Waals surface area contributed by atoms with Crippen LogP contribution in [0.5, 0.6) is 0 Å². The van der Waals surface area contributed by atoms with Gasteiger partial charge in [-0.1, -0.05) is 6.07 Å². The van der Waals surface area contributed by atoms with Crippen molar-refractivity contribution in [2.75, 3.05) is 11.9 Å². The van der Waals surface area contributed by atoms with E-state index in [2.05, 4.69) is 20.3 Å². The molecule has 6 nitrogen and oxygen atoms in total. The van der Waals surface area contributed by atoms with Crippen molar-refractivity contribution >= 4 is 28.5 Å². The molecule has 0 aliphatic heterocycles. The van der Waals surface area contributed by atoms with E-state index in [9.17, 15) is 4.79 Å². The topological polar surface area (TPSA) is 77.0 Å². The van der Waals surface area contributed by atoms with Gasteiger partial charge in [-0.25, -0.2) is 19.7 Å². The third-order valence-electron chi connectivity index (χ3n) is 3.05. The van der Waals surface area contributed by atoms with E-state index in [4.69, 9.17) is 4.74 Å². The maximum absolute atomic E-state index is 11.8. The Morgan fingerprint density at radius 2 is 2.09 bits per heavy atom. The van der Waals surface area contributed by atoms with E-state index in [1.165, 1.54) is 6.33 Å². The lowest BCUT2D eigenvalue weighted by Crippen LogP contribution is -2.05. The first-order valence-corrected chi connectivity index (χ1v) is 6.88. The minimum Gasteiger partial charge on any atom is -0.462 e. The van der Waals surface area contributed by atoms with Gasteiger partial charge in [0.15, 0.2) is 5.65 Å². The van der Waals surface area contributed by atoms with Gasteiger partial charge in [0.1, 0.15) is 12.1 Å². The number of nitrogens with zero attached hydrogens (tertiary/aromatic N) is 3. The molecular formula is C16H14N4O2. The monoisotopic (exact) mass is 294 g/mol. The average Bonchev–Trinajstić information content (AvgIpc) is 2.56. The number of carbonyl (C=O) groups is 1. The second kappa shape index (κ2) is 6.17. The van der Waals surface area contributed by atoms with Gasteiger partial charge in [-0.15, -0.1) is 0 Å². The maximum atomic E-state index is 11.8. The summed E-state index contributed by atoms with van der Waals surface area (Å²) >= 11 is 0. The second-order valence-electron chi connectivity index (χ2n) is 4.52. The molecule has 0 saturated heterocycles. The van der Waals surface area contributed by atoms with Crippen LogP contribution < -0.4 is 5.32 Å². The quantitative estimate of drug-likeness (QED) is 0.745. The Bertz CT molecular complexity index is 815. The highest BCUT2D eigenvalue weighted by molar-refractivity contribution is 5.92. The van der Waals surface area contributed by atoms with Crippen LogP contribution in [-0.4, -0.2) is 27.5 Å². The average molecular weight is 294 g/mol. The number of anilines is 2. The van der Waals surface area contributed by atoms with E-state index in [1.807, 2.05) is 18.2 Å². The van der Waals surface area contributed by atoms with Crippen molar-refractivity contribution in [3.63, 3.8) is 0 Å². The van der Waals surface area contributed by atoms with Crippen LogP contribution in [0.2, 0.25) is 0 Å². The highest BCUT2D eigenvalue weighted by Gasteiger charge is 2.08. The summed E-state index contributed by atoms with van der Waals surface area (Å²) in [7, 11) is 0. The number of fused-ring (bicyclic) bond motifs is 1. The molecule has 3 rings (SSSR count). The molecule has 3 aromatic rings. The lowest BCUT2D eigenvalue weighted by molar-refractivity contribution is 0.0526. The summed E-state index contributed by atoms with van der Waals surface area (Å²) in [6.45, 7) is 2.12. The van der Waals surface area contributed by atoms with Crippen molar-refractivity contribution in [3.8, 4) is 0 Å². The fraction of sp³-hybridized carbons (Fsp3) is 0.125. The smallest absolute Gasteiger partial charge is 0.338 e. The fourth-order valence-corrected chi connectivity index (χ4v) is 2.07. The Hall–Kier alpha value is -3.02. The summed E-state index contributed by atoms with van der Waals surface area (Å²) in [5, 5.41) is 4.00. The molecule has 0 aliphatic rings. The predicted molar refractivity (Wildman–Crippen MR) is 83.0 cm³/mol. The first-order valence-electron chi connectivity index (χ1n) is 6.88. The number of pyridine rings is 1. The standard InChI is InChI=1S/C16H14N4O2/c1-2-22-16(21)11-5-3-6-12(9-11)20-15-13-7-4-8-17-14(13)18-10-19-15/h3-10H,2H2,1H3,(H,17,18,19,20). The maximum Gasteiger partial charge on any atom is 0.338 e. The molecule has 0 spiro atoms. The zero-order chi connectivity index (χ0) is 15.4. The minimum absolute atomic E-state index is 0.346. The number of hydrogen-bond donors (Lipinski definition) is 1. The summed E-state index contributed by atoms with van der Waals surface area (Å²) in [4.78, 5) is 24.3. The molecule has 6 heteroatoms. The van der Waals surface area contributed by atoms with Crippen molar-refractivity contribution in [1.29, 1.82) is 0 Å². The molecule has 110 valence electrons. The van der Waals surface area contributed by atoms with Gasteiger partial charge in [-0.05, 0) is 37.3 Å². The lowest BCUT2D eigenvalue weighted by Gasteiger charge is -2.09. The van der Waals surface area contributed by atoms with E-state index in [1.54, 1.807) is 31.3 Å². The van der Waals surface area contributed by atoms with E-state index in [-0.39, 0.29) is 5.97 Å². The molecule has 0 unspecified atom stereocenters. The van der Waals surface area contributed by atoms with E-state index < -0.39 is 0 Å². The van der Waals surface area contributed by atoms with Crippen LogP contribution in [0.4, 0.5) is 11.5 Å². The third kappa shape index (κ3) is 2.85. The highest BCUT2D eigenvalue weighted by Crippen LogP contribution is 2.22. The first-order chi connectivity index (χ1) is 10.8. The van der Waals surface area contributed by atoms with Crippen molar-refractivity contribution in [2.45, 2.75) is 6.92 Å². The molecule has 0 aliphatic carbocycles. The van der Waals surface area contributed by atoms with Crippen LogP contribution in [0.3, 0.4) is 0 Å². The van der Waals surface area contributed by atoms with Gasteiger partial charge in [-0.2, -0.15) is 0 Å². The van der Waals surface area contributed by atoms with Gasteiger partial charge < -0.3 is 10.1 Å². The normalized spacial score (nSPS) is 10.4. The molecule has 2 heterocycles. The molecule has 1 N–H and O–H groups in total. The Morgan fingerprint density at radius 3 is 2.95 bits per heavy atom. The Kier molecular flexibility index (Phi) is 3.91. The van der Waals surface area contributed by atoms with E-state index >= 15 is 0 Å². The zero-order valence-corrected chi connectivity index (χ0v) is 12.0. The fourth-order valence-electron chi connectivity index (χ4n) is 2.07. The van der Waals surface area contributed by atoms with Crippen LogP contribution in [0.1, 0.15) is 17.3 Å². The molecule has 0 atom stereocenters. The molecule has 0 saturated carbocycles. The highest BCUT2D eigenvalue weighted by atomic mass is 16.5. The number of carbonyl (C=O) groups excluding carboxylic acids is 1. The number of nitrogens with one attached hydrogen (secondary N) is 1. The molecule has 0 amide bonds. The third-order valence-corrected chi connectivity index (χ3v) is 3.05. The van der Waals surface area contributed by atoms with E-state index in [0.717, 1.165) is 11.1 Å². The van der Waals surface area contributed by atoms with Gasteiger partial charge >= 0.3 is 5.97 Å². The number of aromatic nitrogens is 3. The molecular weight excluding hydrogens is 280 g/mol. The van der Waals surface area contributed by atoms with Gasteiger partial charge in [-0.3, -0.25) is 0 Å². The number of rotatable bonds is 4. The van der Waals surface area contributed by atoms with Gasteiger partial charge in [0, 0.05) is 11.9 Å². The zero-order valence-electron chi connectivity index (χ0n) is 12.0. The van der Waals surface area contributed by atoms with Crippen molar-refractivity contribution < 1.29 is 9.53 Å². The molecule has 0 radical (unpaired) electrons. The summed E-state index contributed by atoms with van der Waals surface area (Å²) in [6.07, 6.45) is 3.13. The number of esters is 1. The molecule has 0 bridgehead atoms.